The van der Waals surface area contributed by atoms with Crippen molar-refractivity contribution in [3.8, 4) is 33.1 Å². The zero-order valence-electron chi connectivity index (χ0n) is 20.5. The van der Waals surface area contributed by atoms with Gasteiger partial charge in [0.1, 0.15) is 11.2 Å². The normalized spacial score (nSPS) is 14.6. The second-order valence-electron chi connectivity index (χ2n) is 9.69. The van der Waals surface area contributed by atoms with E-state index in [9.17, 15) is 0 Å². The lowest BCUT2D eigenvalue weighted by Gasteiger charge is -2.26. The molecule has 1 aliphatic heterocycles. The van der Waals surface area contributed by atoms with Gasteiger partial charge in [0.05, 0.1) is 17.1 Å². The maximum absolute atomic E-state index is 4.97. The van der Waals surface area contributed by atoms with Crippen LogP contribution in [0.3, 0.4) is 0 Å². The van der Waals surface area contributed by atoms with Gasteiger partial charge in [-0.25, -0.2) is 9.97 Å². The quantitative estimate of drug-likeness (QED) is 0.298. The molecule has 1 aliphatic rings. The molecule has 1 saturated heterocycles. The van der Waals surface area contributed by atoms with Crippen LogP contribution in [0.25, 0.3) is 55.2 Å². The molecule has 6 aromatic rings. The average molecular weight is 507 g/mol. The van der Waals surface area contributed by atoms with Gasteiger partial charge in [0.2, 0.25) is 0 Å². The molecule has 0 bridgehead atoms. The number of fused-ring (bicyclic) bond motifs is 2. The molecular formula is C28H26N8S. The van der Waals surface area contributed by atoms with Crippen LogP contribution in [0.15, 0.2) is 55.2 Å². The molecule has 9 heteroatoms. The summed E-state index contributed by atoms with van der Waals surface area (Å²) in [6.07, 6.45) is 13.3. The van der Waals surface area contributed by atoms with E-state index in [1.54, 1.807) is 11.3 Å². The highest BCUT2D eigenvalue weighted by molar-refractivity contribution is 7.15. The number of likely N-dealkylation sites (tertiary alicyclic amines) is 1. The summed E-state index contributed by atoms with van der Waals surface area (Å²) in [5.41, 5.74) is 7.57. The highest BCUT2D eigenvalue weighted by atomic mass is 32.1. The summed E-state index contributed by atoms with van der Waals surface area (Å²) in [5.74, 6) is 0.718. The molecule has 6 aromatic heterocycles. The second-order valence-corrected chi connectivity index (χ2v) is 11.0. The van der Waals surface area contributed by atoms with Crippen LogP contribution in [-0.2, 0) is 6.54 Å². The van der Waals surface area contributed by atoms with Crippen molar-refractivity contribution in [1.82, 2.24) is 40.0 Å². The van der Waals surface area contributed by atoms with Gasteiger partial charge in [0, 0.05) is 57.8 Å². The van der Waals surface area contributed by atoms with Gasteiger partial charge in [-0.1, -0.05) is 6.42 Å². The van der Waals surface area contributed by atoms with Crippen molar-refractivity contribution in [2.75, 3.05) is 13.1 Å². The van der Waals surface area contributed by atoms with E-state index in [-0.39, 0.29) is 0 Å². The van der Waals surface area contributed by atoms with Gasteiger partial charge in [-0.2, -0.15) is 5.10 Å². The summed E-state index contributed by atoms with van der Waals surface area (Å²) in [4.78, 5) is 27.0. The molecule has 0 radical (unpaired) electrons. The number of thiophene rings is 1. The van der Waals surface area contributed by atoms with Crippen molar-refractivity contribution >= 4 is 33.4 Å². The number of nitrogens with one attached hydrogen (secondary N) is 2. The highest BCUT2D eigenvalue weighted by Gasteiger charge is 2.17. The van der Waals surface area contributed by atoms with Crippen LogP contribution in [0.2, 0.25) is 0 Å². The van der Waals surface area contributed by atoms with Crippen molar-refractivity contribution in [1.29, 1.82) is 0 Å². The van der Waals surface area contributed by atoms with Crippen molar-refractivity contribution in [2.24, 2.45) is 0 Å². The standard InChI is InChI=1S/C28H26N8S/c1-17-5-6-24(37-17)22-14-30-15-23-25(22)33-28(32-23)26-21-10-20(13-31-27(21)35-34-26)19-9-18(11-29-12-19)16-36-7-3-2-4-8-36/h5-6,9-15H,2-4,7-8,16H2,1H3,(H,32,33)(H,31,34,35). The molecule has 1 fully saturated rings. The minimum Gasteiger partial charge on any atom is -0.335 e. The lowest BCUT2D eigenvalue weighted by molar-refractivity contribution is 0.220. The molecule has 0 saturated carbocycles. The van der Waals surface area contributed by atoms with Crippen LogP contribution >= 0.6 is 11.3 Å². The smallest absolute Gasteiger partial charge is 0.181 e. The fraction of sp³-hybridized carbons (Fsp3) is 0.250. The van der Waals surface area contributed by atoms with Crippen LogP contribution in [0.1, 0.15) is 29.7 Å². The number of H-pyrrole nitrogens is 2. The van der Waals surface area contributed by atoms with E-state index in [0.29, 0.717) is 5.65 Å². The Kier molecular flexibility index (Phi) is 5.52. The van der Waals surface area contributed by atoms with Gasteiger partial charge in [0.25, 0.3) is 0 Å². The fourth-order valence-corrected chi connectivity index (χ4v) is 6.04. The van der Waals surface area contributed by atoms with E-state index in [0.717, 1.165) is 69.1 Å². The molecular weight excluding hydrogens is 480 g/mol. The van der Waals surface area contributed by atoms with Gasteiger partial charge < -0.3 is 4.98 Å². The Hall–Kier alpha value is -3.95. The third-order valence-electron chi connectivity index (χ3n) is 7.03. The number of aryl methyl sites for hydroxylation is 1. The summed E-state index contributed by atoms with van der Waals surface area (Å²) < 4.78 is 0. The largest absolute Gasteiger partial charge is 0.335 e. The van der Waals surface area contributed by atoms with E-state index in [1.807, 2.05) is 31.0 Å². The minimum absolute atomic E-state index is 0.656. The number of pyridine rings is 3. The van der Waals surface area contributed by atoms with Gasteiger partial charge in [-0.3, -0.25) is 20.0 Å². The van der Waals surface area contributed by atoms with E-state index in [4.69, 9.17) is 4.98 Å². The molecule has 184 valence electrons. The zero-order valence-corrected chi connectivity index (χ0v) is 21.3. The summed E-state index contributed by atoms with van der Waals surface area (Å²) in [5, 5.41) is 8.52. The molecule has 0 unspecified atom stereocenters. The predicted molar refractivity (Wildman–Crippen MR) is 147 cm³/mol. The number of piperidine rings is 1. The van der Waals surface area contributed by atoms with Crippen molar-refractivity contribution in [3.05, 3.63) is 65.7 Å². The molecule has 37 heavy (non-hydrogen) atoms. The van der Waals surface area contributed by atoms with Crippen molar-refractivity contribution in [3.63, 3.8) is 0 Å². The third kappa shape index (κ3) is 4.20. The Morgan fingerprint density at radius 3 is 2.68 bits per heavy atom. The number of rotatable bonds is 5. The number of nitrogens with zero attached hydrogens (tertiary/aromatic N) is 6. The van der Waals surface area contributed by atoms with E-state index >= 15 is 0 Å². The van der Waals surface area contributed by atoms with Gasteiger partial charge >= 0.3 is 0 Å². The summed E-state index contributed by atoms with van der Waals surface area (Å²) >= 11 is 1.74. The van der Waals surface area contributed by atoms with Gasteiger partial charge in [-0.05, 0) is 62.7 Å². The molecule has 0 spiro atoms. The van der Waals surface area contributed by atoms with Crippen LogP contribution in [0.4, 0.5) is 0 Å². The summed E-state index contributed by atoms with van der Waals surface area (Å²) in [6, 6.07) is 8.60. The molecule has 7 heterocycles. The Bertz CT molecular complexity index is 1720. The maximum atomic E-state index is 4.97. The second kappa shape index (κ2) is 9.17. The Labute approximate surface area is 217 Å². The molecule has 0 atom stereocenters. The molecule has 0 amide bonds. The van der Waals surface area contributed by atoms with Crippen molar-refractivity contribution in [2.45, 2.75) is 32.7 Å². The number of hydrogen-bond donors (Lipinski definition) is 2. The van der Waals surface area contributed by atoms with Crippen LogP contribution in [0, 0.1) is 6.92 Å². The van der Waals surface area contributed by atoms with E-state index in [1.165, 1.54) is 29.7 Å². The lowest BCUT2D eigenvalue weighted by atomic mass is 10.1. The zero-order chi connectivity index (χ0) is 24.8. The maximum Gasteiger partial charge on any atom is 0.181 e. The first-order valence-electron chi connectivity index (χ1n) is 12.6. The van der Waals surface area contributed by atoms with Crippen LogP contribution in [0.5, 0.6) is 0 Å². The minimum atomic E-state index is 0.656. The molecule has 0 aromatic carbocycles. The first kappa shape index (κ1) is 22.3. The predicted octanol–water partition coefficient (Wildman–Crippen LogP) is 5.98. The van der Waals surface area contributed by atoms with Gasteiger partial charge in [-0.15, -0.1) is 11.3 Å². The van der Waals surface area contributed by atoms with E-state index < -0.39 is 0 Å². The Morgan fingerprint density at radius 2 is 1.81 bits per heavy atom. The molecule has 2 N–H and O–H groups in total. The fourth-order valence-electron chi connectivity index (χ4n) is 5.16. The highest BCUT2D eigenvalue weighted by Crippen LogP contribution is 2.34. The summed E-state index contributed by atoms with van der Waals surface area (Å²) in [7, 11) is 0. The van der Waals surface area contributed by atoms with Crippen molar-refractivity contribution < 1.29 is 0 Å². The Balaban J connectivity index is 1.26. The SMILES string of the molecule is Cc1ccc(-c2cncc3[nH]c(-c4[nH]nc5ncc(-c6cncc(CN7CCCCC7)c6)cc45)nc23)s1. The first-order chi connectivity index (χ1) is 18.2. The topological polar surface area (TPSA) is 99.3 Å². The number of imidazole rings is 1. The number of aromatic nitrogens is 7. The average Bonchev–Trinajstić information content (AvgIpc) is 3.66. The van der Waals surface area contributed by atoms with Crippen LogP contribution < -0.4 is 0 Å². The van der Waals surface area contributed by atoms with Crippen LogP contribution in [-0.4, -0.2) is 53.1 Å². The number of hydrogen-bond acceptors (Lipinski definition) is 7. The molecule has 7 rings (SSSR count). The first-order valence-corrected chi connectivity index (χ1v) is 13.4. The third-order valence-corrected chi connectivity index (χ3v) is 8.06. The van der Waals surface area contributed by atoms with Gasteiger partial charge in [0.15, 0.2) is 11.5 Å². The molecule has 0 aliphatic carbocycles. The number of aromatic amines is 2. The van der Waals surface area contributed by atoms with E-state index in [2.05, 4.69) is 66.2 Å². The Morgan fingerprint density at radius 1 is 0.946 bits per heavy atom. The lowest BCUT2D eigenvalue weighted by Crippen LogP contribution is -2.29. The monoisotopic (exact) mass is 506 g/mol. The summed E-state index contributed by atoms with van der Waals surface area (Å²) in [6.45, 7) is 5.37. The molecule has 8 nitrogen and oxygen atoms in total.